The second-order valence-corrected chi connectivity index (χ2v) is 6.78. The molecule has 3 rings (SSSR count). The SMILES string of the molecule is CCOc1ccc(NC(=S)NC(=O)c2ccccc2OCCOc2ccccc2)cc1. The molecule has 0 aliphatic heterocycles. The first kappa shape index (κ1) is 22.1. The fraction of sp³-hybridized carbons (Fsp3) is 0.167. The van der Waals surface area contributed by atoms with E-state index in [0.717, 1.165) is 17.2 Å². The van der Waals surface area contributed by atoms with E-state index in [0.29, 0.717) is 31.1 Å². The molecule has 0 saturated carbocycles. The van der Waals surface area contributed by atoms with Crippen LogP contribution in [-0.2, 0) is 0 Å². The van der Waals surface area contributed by atoms with Crippen molar-refractivity contribution in [1.82, 2.24) is 5.32 Å². The van der Waals surface area contributed by atoms with Gasteiger partial charge in [-0.25, -0.2) is 0 Å². The Bertz CT molecular complexity index is 994. The summed E-state index contributed by atoms with van der Waals surface area (Å²) < 4.78 is 16.8. The van der Waals surface area contributed by atoms with E-state index in [2.05, 4.69) is 10.6 Å². The Kier molecular flexibility index (Phi) is 8.25. The summed E-state index contributed by atoms with van der Waals surface area (Å²) in [5.74, 6) is 1.64. The average Bonchev–Trinajstić information content (AvgIpc) is 2.79. The molecule has 6 nitrogen and oxygen atoms in total. The third kappa shape index (κ3) is 7.01. The Balaban J connectivity index is 1.52. The van der Waals surface area contributed by atoms with E-state index < -0.39 is 0 Å². The van der Waals surface area contributed by atoms with Crippen LogP contribution in [0.3, 0.4) is 0 Å². The van der Waals surface area contributed by atoms with Gasteiger partial charge in [-0.15, -0.1) is 0 Å². The van der Waals surface area contributed by atoms with Crippen molar-refractivity contribution in [3.8, 4) is 17.2 Å². The third-order valence-electron chi connectivity index (χ3n) is 4.13. The highest BCUT2D eigenvalue weighted by Gasteiger charge is 2.13. The highest BCUT2D eigenvalue weighted by Crippen LogP contribution is 2.19. The highest BCUT2D eigenvalue weighted by atomic mass is 32.1. The van der Waals surface area contributed by atoms with Gasteiger partial charge in [0.1, 0.15) is 30.5 Å². The summed E-state index contributed by atoms with van der Waals surface area (Å²) in [4.78, 5) is 12.7. The van der Waals surface area contributed by atoms with Gasteiger partial charge in [-0.2, -0.15) is 0 Å². The van der Waals surface area contributed by atoms with Gasteiger partial charge >= 0.3 is 0 Å². The van der Waals surface area contributed by atoms with Gasteiger partial charge in [0.25, 0.3) is 5.91 Å². The van der Waals surface area contributed by atoms with E-state index in [9.17, 15) is 4.79 Å². The Hall–Kier alpha value is -3.58. The first-order valence-corrected chi connectivity index (χ1v) is 10.3. The van der Waals surface area contributed by atoms with Crippen LogP contribution in [0.15, 0.2) is 78.9 Å². The van der Waals surface area contributed by atoms with Crippen molar-refractivity contribution >= 4 is 28.9 Å². The molecule has 2 N–H and O–H groups in total. The lowest BCUT2D eigenvalue weighted by molar-refractivity contribution is 0.0972. The van der Waals surface area contributed by atoms with Crippen LogP contribution in [-0.4, -0.2) is 30.8 Å². The molecule has 0 saturated heterocycles. The van der Waals surface area contributed by atoms with Gasteiger partial charge in [0.15, 0.2) is 5.11 Å². The smallest absolute Gasteiger partial charge is 0.261 e. The molecule has 0 atom stereocenters. The standard InChI is InChI=1S/C24H24N2O4S/c1-2-28-20-14-12-18(13-15-20)25-24(31)26-23(27)21-10-6-7-11-22(21)30-17-16-29-19-8-4-3-5-9-19/h3-15H,2,16-17H2,1H3,(H2,25,26,27,31). The lowest BCUT2D eigenvalue weighted by atomic mass is 10.2. The molecule has 0 fully saturated rings. The first-order chi connectivity index (χ1) is 15.2. The number of anilines is 1. The van der Waals surface area contributed by atoms with Crippen LogP contribution in [0.5, 0.6) is 17.2 Å². The molecule has 0 radical (unpaired) electrons. The Labute approximate surface area is 187 Å². The minimum Gasteiger partial charge on any atom is -0.494 e. The van der Waals surface area contributed by atoms with Crippen LogP contribution in [0.25, 0.3) is 0 Å². The summed E-state index contributed by atoms with van der Waals surface area (Å²) in [7, 11) is 0. The number of benzene rings is 3. The summed E-state index contributed by atoms with van der Waals surface area (Å²) in [6.07, 6.45) is 0. The van der Waals surface area contributed by atoms with Gasteiger partial charge in [0, 0.05) is 5.69 Å². The summed E-state index contributed by atoms with van der Waals surface area (Å²) in [5.41, 5.74) is 1.13. The number of para-hydroxylation sites is 2. The topological polar surface area (TPSA) is 68.8 Å². The van der Waals surface area contributed by atoms with Crippen molar-refractivity contribution in [3.05, 3.63) is 84.4 Å². The lowest BCUT2D eigenvalue weighted by Crippen LogP contribution is -2.34. The number of carbonyl (C=O) groups excluding carboxylic acids is 1. The molecule has 0 spiro atoms. The quantitative estimate of drug-likeness (QED) is 0.375. The zero-order valence-corrected chi connectivity index (χ0v) is 18.0. The maximum absolute atomic E-state index is 12.7. The number of ether oxygens (including phenoxy) is 3. The molecule has 0 aliphatic carbocycles. The summed E-state index contributed by atoms with van der Waals surface area (Å²) in [6, 6.07) is 23.8. The minimum atomic E-state index is -0.358. The highest BCUT2D eigenvalue weighted by molar-refractivity contribution is 7.80. The minimum absolute atomic E-state index is 0.191. The van der Waals surface area contributed by atoms with Crippen LogP contribution in [0, 0.1) is 0 Å². The van der Waals surface area contributed by atoms with E-state index in [1.54, 1.807) is 24.3 Å². The molecule has 0 aliphatic rings. The normalized spacial score (nSPS) is 10.1. The van der Waals surface area contributed by atoms with E-state index in [1.807, 2.05) is 61.5 Å². The zero-order chi connectivity index (χ0) is 21.9. The van der Waals surface area contributed by atoms with Gasteiger partial charge in [-0.05, 0) is 67.7 Å². The van der Waals surface area contributed by atoms with Crippen LogP contribution >= 0.6 is 12.2 Å². The van der Waals surface area contributed by atoms with Crippen LogP contribution in [0.1, 0.15) is 17.3 Å². The Morgan fingerprint density at radius 3 is 2.19 bits per heavy atom. The van der Waals surface area contributed by atoms with Gasteiger partial charge in [0.2, 0.25) is 0 Å². The van der Waals surface area contributed by atoms with Crippen molar-refractivity contribution in [2.45, 2.75) is 6.92 Å². The predicted molar refractivity (Wildman–Crippen MR) is 125 cm³/mol. The molecule has 0 unspecified atom stereocenters. The monoisotopic (exact) mass is 436 g/mol. The van der Waals surface area contributed by atoms with Crippen molar-refractivity contribution in [1.29, 1.82) is 0 Å². The molecule has 7 heteroatoms. The summed E-state index contributed by atoms with van der Waals surface area (Å²) in [5, 5.41) is 5.86. The van der Waals surface area contributed by atoms with Gasteiger partial charge < -0.3 is 19.5 Å². The van der Waals surface area contributed by atoms with Gasteiger partial charge in [-0.3, -0.25) is 10.1 Å². The van der Waals surface area contributed by atoms with E-state index in [4.69, 9.17) is 26.4 Å². The molecular weight excluding hydrogens is 412 g/mol. The fourth-order valence-electron chi connectivity index (χ4n) is 2.74. The maximum Gasteiger partial charge on any atom is 0.261 e. The molecular formula is C24H24N2O4S. The second kappa shape index (κ2) is 11.6. The number of hydrogen-bond acceptors (Lipinski definition) is 5. The maximum atomic E-state index is 12.7. The zero-order valence-electron chi connectivity index (χ0n) is 17.2. The van der Waals surface area contributed by atoms with Crippen LogP contribution in [0.4, 0.5) is 5.69 Å². The lowest BCUT2D eigenvalue weighted by Gasteiger charge is -2.13. The predicted octanol–water partition coefficient (Wildman–Crippen LogP) is 4.67. The second-order valence-electron chi connectivity index (χ2n) is 6.37. The molecule has 160 valence electrons. The first-order valence-electron chi connectivity index (χ1n) is 9.90. The Morgan fingerprint density at radius 1 is 0.806 bits per heavy atom. The number of hydrogen-bond donors (Lipinski definition) is 2. The van der Waals surface area contributed by atoms with Crippen LogP contribution in [0.2, 0.25) is 0 Å². The third-order valence-corrected chi connectivity index (χ3v) is 4.34. The van der Waals surface area contributed by atoms with Gasteiger partial charge in [-0.1, -0.05) is 30.3 Å². The van der Waals surface area contributed by atoms with Crippen molar-refractivity contribution < 1.29 is 19.0 Å². The number of thiocarbonyl (C=S) groups is 1. The molecule has 3 aromatic carbocycles. The van der Waals surface area contributed by atoms with E-state index in [-0.39, 0.29) is 11.0 Å². The average molecular weight is 437 g/mol. The largest absolute Gasteiger partial charge is 0.494 e. The van der Waals surface area contributed by atoms with E-state index >= 15 is 0 Å². The Morgan fingerprint density at radius 2 is 1.45 bits per heavy atom. The van der Waals surface area contributed by atoms with Gasteiger partial charge in [0.05, 0.1) is 12.2 Å². The number of amides is 1. The summed E-state index contributed by atoms with van der Waals surface area (Å²) in [6.45, 7) is 3.18. The summed E-state index contributed by atoms with van der Waals surface area (Å²) >= 11 is 5.26. The van der Waals surface area contributed by atoms with Crippen molar-refractivity contribution in [2.75, 3.05) is 25.1 Å². The fourth-order valence-corrected chi connectivity index (χ4v) is 2.95. The van der Waals surface area contributed by atoms with Crippen molar-refractivity contribution in [2.24, 2.45) is 0 Å². The number of nitrogens with one attached hydrogen (secondary N) is 2. The number of carbonyl (C=O) groups is 1. The molecule has 31 heavy (non-hydrogen) atoms. The molecule has 1 amide bonds. The van der Waals surface area contributed by atoms with Crippen LogP contribution < -0.4 is 24.8 Å². The van der Waals surface area contributed by atoms with E-state index in [1.165, 1.54) is 0 Å². The molecule has 0 bridgehead atoms. The molecule has 3 aromatic rings. The molecule has 0 aromatic heterocycles. The number of rotatable bonds is 9. The van der Waals surface area contributed by atoms with Crippen molar-refractivity contribution in [3.63, 3.8) is 0 Å². The molecule has 0 heterocycles.